The molecular weight excluding hydrogens is 276 g/mol. The molecule has 0 radical (unpaired) electrons. The Morgan fingerprint density at radius 3 is 1.95 bits per heavy atom. The summed E-state index contributed by atoms with van der Waals surface area (Å²) in [6.07, 6.45) is -0.238. The van der Waals surface area contributed by atoms with Crippen LogP contribution in [0.3, 0.4) is 0 Å². The average molecular weight is 298 g/mol. The monoisotopic (exact) mass is 298 g/mol. The van der Waals surface area contributed by atoms with Crippen molar-refractivity contribution in [2.24, 2.45) is 0 Å². The lowest BCUT2D eigenvalue weighted by Gasteiger charge is -2.26. The van der Waals surface area contributed by atoms with Crippen LogP contribution in [0.4, 0.5) is 0 Å². The van der Waals surface area contributed by atoms with Gasteiger partial charge in [0.2, 0.25) is 0 Å². The zero-order valence-corrected chi connectivity index (χ0v) is 12.4. The van der Waals surface area contributed by atoms with Gasteiger partial charge >= 0.3 is 5.97 Å². The SMILES string of the molecule is COCCN(CCOC)S(=O)(=O)N(C)CCC(=O)O. The Morgan fingerprint density at radius 1 is 1.11 bits per heavy atom. The lowest BCUT2D eigenvalue weighted by atomic mass is 10.4. The molecule has 0 aliphatic carbocycles. The van der Waals surface area contributed by atoms with E-state index in [9.17, 15) is 13.2 Å². The molecule has 0 rings (SSSR count). The molecule has 114 valence electrons. The number of hydrogen-bond donors (Lipinski definition) is 1. The van der Waals surface area contributed by atoms with Crippen LogP contribution in [-0.4, -0.2) is 82.2 Å². The highest BCUT2D eigenvalue weighted by atomic mass is 32.2. The molecule has 0 aromatic rings. The molecule has 0 spiro atoms. The molecule has 0 aromatic heterocycles. The van der Waals surface area contributed by atoms with E-state index >= 15 is 0 Å². The van der Waals surface area contributed by atoms with Crippen LogP contribution < -0.4 is 0 Å². The molecule has 0 amide bonds. The van der Waals surface area contributed by atoms with Crippen molar-refractivity contribution < 1.29 is 27.8 Å². The molecular formula is C10H22N2O6S. The van der Waals surface area contributed by atoms with Crippen LogP contribution in [0.5, 0.6) is 0 Å². The second-order valence-corrected chi connectivity index (χ2v) is 5.89. The van der Waals surface area contributed by atoms with Gasteiger partial charge in [0.25, 0.3) is 10.2 Å². The third-order valence-corrected chi connectivity index (χ3v) is 4.44. The Hall–Kier alpha value is -0.740. The summed E-state index contributed by atoms with van der Waals surface area (Å²) in [5.74, 6) is -1.04. The summed E-state index contributed by atoms with van der Waals surface area (Å²) in [4.78, 5) is 10.5. The van der Waals surface area contributed by atoms with Gasteiger partial charge in [-0.1, -0.05) is 0 Å². The van der Waals surface area contributed by atoms with Crippen LogP contribution in [0.15, 0.2) is 0 Å². The molecule has 0 saturated heterocycles. The molecule has 0 atom stereocenters. The van der Waals surface area contributed by atoms with E-state index in [4.69, 9.17) is 14.6 Å². The van der Waals surface area contributed by atoms with E-state index in [1.54, 1.807) is 0 Å². The van der Waals surface area contributed by atoms with Gasteiger partial charge in [-0.25, -0.2) is 0 Å². The van der Waals surface area contributed by atoms with E-state index in [0.29, 0.717) is 0 Å². The van der Waals surface area contributed by atoms with Crippen molar-refractivity contribution in [3.05, 3.63) is 0 Å². The van der Waals surface area contributed by atoms with Crippen molar-refractivity contribution in [2.45, 2.75) is 6.42 Å². The maximum atomic E-state index is 12.2. The number of aliphatic carboxylic acids is 1. The topological polar surface area (TPSA) is 96.4 Å². The van der Waals surface area contributed by atoms with E-state index in [0.717, 1.165) is 4.31 Å². The molecule has 8 nitrogen and oxygen atoms in total. The third kappa shape index (κ3) is 6.83. The fourth-order valence-corrected chi connectivity index (χ4v) is 2.62. The van der Waals surface area contributed by atoms with Gasteiger partial charge < -0.3 is 14.6 Å². The first-order chi connectivity index (χ1) is 8.86. The molecule has 1 N–H and O–H groups in total. The minimum absolute atomic E-state index is 0.0753. The van der Waals surface area contributed by atoms with E-state index in [2.05, 4.69) is 0 Å². The zero-order chi connectivity index (χ0) is 14.9. The summed E-state index contributed by atoms with van der Waals surface area (Å²) in [6, 6.07) is 0. The standard InChI is InChI=1S/C10H22N2O6S/c1-11(5-4-10(13)14)19(15,16)12(6-8-17-2)7-9-18-3/h4-9H2,1-3H3,(H,13,14). The normalized spacial score (nSPS) is 12.3. The molecule has 0 heterocycles. The van der Waals surface area contributed by atoms with Crippen LogP contribution >= 0.6 is 0 Å². The summed E-state index contributed by atoms with van der Waals surface area (Å²) >= 11 is 0. The van der Waals surface area contributed by atoms with Crippen molar-refractivity contribution in [1.29, 1.82) is 0 Å². The molecule has 0 aliphatic heterocycles. The number of carboxylic acid groups (broad SMARTS) is 1. The highest BCUT2D eigenvalue weighted by Crippen LogP contribution is 2.07. The van der Waals surface area contributed by atoms with Crippen molar-refractivity contribution in [3.63, 3.8) is 0 Å². The Kier molecular flexibility index (Phi) is 8.85. The minimum atomic E-state index is -3.70. The fraction of sp³-hybridized carbons (Fsp3) is 0.900. The summed E-state index contributed by atoms with van der Waals surface area (Å²) in [5.41, 5.74) is 0. The largest absolute Gasteiger partial charge is 0.481 e. The highest BCUT2D eigenvalue weighted by Gasteiger charge is 2.26. The Balaban J connectivity index is 4.68. The van der Waals surface area contributed by atoms with Crippen LogP contribution in [0.2, 0.25) is 0 Å². The number of ether oxygens (including phenoxy) is 2. The Labute approximate surface area is 114 Å². The van der Waals surface area contributed by atoms with Gasteiger partial charge in [0.05, 0.1) is 19.6 Å². The first kappa shape index (κ1) is 18.3. The Bertz CT molecular complexity index is 351. The molecule has 9 heteroatoms. The second kappa shape index (κ2) is 9.21. The number of methoxy groups -OCH3 is 2. The van der Waals surface area contributed by atoms with Gasteiger partial charge in [0, 0.05) is 40.9 Å². The number of hydrogen-bond acceptors (Lipinski definition) is 5. The predicted octanol–water partition coefficient (Wildman–Crippen LogP) is -0.767. The quantitative estimate of drug-likeness (QED) is 0.538. The Morgan fingerprint density at radius 2 is 1.58 bits per heavy atom. The predicted molar refractivity (Wildman–Crippen MR) is 69.1 cm³/mol. The first-order valence-electron chi connectivity index (χ1n) is 5.77. The fourth-order valence-electron chi connectivity index (χ4n) is 1.29. The first-order valence-corrected chi connectivity index (χ1v) is 7.17. The van der Waals surface area contributed by atoms with Crippen LogP contribution in [-0.2, 0) is 24.5 Å². The van der Waals surface area contributed by atoms with E-state index in [1.807, 2.05) is 0 Å². The molecule has 0 unspecified atom stereocenters. The number of carbonyl (C=O) groups is 1. The number of nitrogens with zero attached hydrogens (tertiary/aromatic N) is 2. The van der Waals surface area contributed by atoms with Crippen molar-refractivity contribution in [2.75, 3.05) is 54.1 Å². The molecule has 0 aliphatic rings. The molecule has 0 bridgehead atoms. The van der Waals surface area contributed by atoms with Gasteiger partial charge in [-0.3, -0.25) is 4.79 Å². The van der Waals surface area contributed by atoms with Crippen LogP contribution in [0.25, 0.3) is 0 Å². The van der Waals surface area contributed by atoms with E-state index < -0.39 is 16.2 Å². The summed E-state index contributed by atoms with van der Waals surface area (Å²) in [5, 5.41) is 8.57. The molecule has 0 saturated carbocycles. The van der Waals surface area contributed by atoms with Gasteiger partial charge in [0.15, 0.2) is 0 Å². The van der Waals surface area contributed by atoms with E-state index in [1.165, 1.54) is 25.6 Å². The number of rotatable bonds is 11. The van der Waals surface area contributed by atoms with Crippen molar-refractivity contribution >= 4 is 16.2 Å². The third-order valence-electron chi connectivity index (χ3n) is 2.45. The van der Waals surface area contributed by atoms with Gasteiger partial charge in [-0.05, 0) is 0 Å². The lowest BCUT2D eigenvalue weighted by molar-refractivity contribution is -0.137. The molecule has 0 aromatic carbocycles. The van der Waals surface area contributed by atoms with Crippen molar-refractivity contribution in [1.82, 2.24) is 8.61 Å². The number of carboxylic acids is 1. The van der Waals surface area contributed by atoms with Gasteiger partial charge in [0.1, 0.15) is 0 Å². The zero-order valence-electron chi connectivity index (χ0n) is 11.5. The smallest absolute Gasteiger partial charge is 0.304 e. The maximum absolute atomic E-state index is 12.2. The van der Waals surface area contributed by atoms with E-state index in [-0.39, 0.29) is 39.3 Å². The van der Waals surface area contributed by atoms with Gasteiger partial charge in [-0.2, -0.15) is 17.0 Å². The molecule has 0 fully saturated rings. The maximum Gasteiger partial charge on any atom is 0.304 e. The summed E-state index contributed by atoms with van der Waals surface area (Å²) in [6.45, 7) is 0.832. The minimum Gasteiger partial charge on any atom is -0.481 e. The van der Waals surface area contributed by atoms with Crippen LogP contribution in [0.1, 0.15) is 6.42 Å². The average Bonchev–Trinajstić information content (AvgIpc) is 2.35. The van der Waals surface area contributed by atoms with Crippen LogP contribution in [0, 0.1) is 0 Å². The molecule has 19 heavy (non-hydrogen) atoms. The second-order valence-electron chi connectivity index (χ2n) is 3.86. The lowest BCUT2D eigenvalue weighted by Crippen LogP contribution is -2.45. The van der Waals surface area contributed by atoms with Gasteiger partial charge in [-0.15, -0.1) is 0 Å². The highest BCUT2D eigenvalue weighted by molar-refractivity contribution is 7.86. The van der Waals surface area contributed by atoms with Crippen molar-refractivity contribution in [3.8, 4) is 0 Å². The summed E-state index contributed by atoms with van der Waals surface area (Å²) in [7, 11) is 0.617. The summed E-state index contributed by atoms with van der Waals surface area (Å²) < 4.78 is 36.4.